The van der Waals surface area contributed by atoms with Gasteiger partial charge in [-0.25, -0.2) is 13.1 Å². The Balaban J connectivity index is 1.56. The van der Waals surface area contributed by atoms with Crippen LogP contribution in [0.3, 0.4) is 0 Å². The molecular weight excluding hydrogens is 438 g/mol. The number of furan rings is 1. The Hall–Kier alpha value is -3.36. The van der Waals surface area contributed by atoms with Crippen molar-refractivity contribution in [1.82, 2.24) is 4.72 Å². The second kappa shape index (κ2) is 8.53. The van der Waals surface area contributed by atoms with Crippen molar-refractivity contribution in [3.8, 4) is 0 Å². The summed E-state index contributed by atoms with van der Waals surface area (Å²) >= 11 is 0. The molecule has 3 aromatic rings. The largest absolute Gasteiger partial charge is 0.461 e. The van der Waals surface area contributed by atoms with Crippen molar-refractivity contribution < 1.29 is 17.6 Å². The number of rotatable bonds is 6. The van der Waals surface area contributed by atoms with E-state index in [1.165, 1.54) is 24.7 Å². The monoisotopic (exact) mass is 463 g/mol. The fourth-order valence-corrected chi connectivity index (χ4v) is 5.19. The summed E-state index contributed by atoms with van der Waals surface area (Å²) in [7, 11) is -2.27. The topological polar surface area (TPSA) is 100 Å². The molecule has 7 nitrogen and oxygen atoms in total. The molecule has 3 N–H and O–H groups in total. The number of amides is 1. The van der Waals surface area contributed by atoms with Crippen molar-refractivity contribution in [2.75, 3.05) is 17.7 Å². The van der Waals surface area contributed by atoms with Gasteiger partial charge in [0.15, 0.2) is 0 Å². The van der Waals surface area contributed by atoms with Crippen molar-refractivity contribution in [1.29, 1.82) is 0 Å². The highest BCUT2D eigenvalue weighted by atomic mass is 32.2. The van der Waals surface area contributed by atoms with Crippen molar-refractivity contribution in [3.05, 3.63) is 76.7 Å². The number of hydrogen-bond donors (Lipinski definition) is 3. The van der Waals surface area contributed by atoms with Gasteiger partial charge in [-0.3, -0.25) is 4.79 Å². The molecular formula is C25H25N3O4S. The van der Waals surface area contributed by atoms with E-state index in [2.05, 4.69) is 15.4 Å². The van der Waals surface area contributed by atoms with Crippen LogP contribution in [0.15, 0.2) is 57.8 Å². The molecule has 0 radical (unpaired) electrons. The first-order valence-electron chi connectivity index (χ1n) is 11.0. The molecule has 0 bridgehead atoms. The first kappa shape index (κ1) is 21.5. The second-order valence-corrected chi connectivity index (χ2v) is 10.1. The van der Waals surface area contributed by atoms with Gasteiger partial charge in [0.25, 0.3) is 5.91 Å². The molecule has 0 spiro atoms. The Morgan fingerprint density at radius 3 is 2.67 bits per heavy atom. The molecule has 1 amide bonds. The van der Waals surface area contributed by atoms with E-state index >= 15 is 0 Å². The van der Waals surface area contributed by atoms with Gasteiger partial charge < -0.3 is 15.1 Å². The number of benzene rings is 2. The molecule has 1 aliphatic heterocycles. The van der Waals surface area contributed by atoms with Crippen LogP contribution in [0.4, 0.5) is 11.4 Å². The third-order valence-electron chi connectivity index (χ3n) is 6.18. The average Bonchev–Trinajstić information content (AvgIpc) is 3.34. The number of aryl methyl sites for hydroxylation is 1. The van der Waals surface area contributed by atoms with E-state index in [1.807, 2.05) is 30.3 Å². The van der Waals surface area contributed by atoms with E-state index in [1.54, 1.807) is 12.1 Å². The maximum absolute atomic E-state index is 12.8. The zero-order valence-corrected chi connectivity index (χ0v) is 19.1. The number of carbonyl (C=O) groups is 1. The number of anilines is 2. The van der Waals surface area contributed by atoms with Crippen LogP contribution in [0.5, 0.6) is 0 Å². The first-order chi connectivity index (χ1) is 16.0. The lowest BCUT2D eigenvalue weighted by atomic mass is 9.94. The molecule has 2 aromatic carbocycles. The van der Waals surface area contributed by atoms with Crippen molar-refractivity contribution in [3.63, 3.8) is 0 Å². The van der Waals surface area contributed by atoms with E-state index < -0.39 is 10.0 Å². The Bertz CT molecular complexity index is 1360. The van der Waals surface area contributed by atoms with Crippen LogP contribution in [0, 0.1) is 0 Å². The summed E-state index contributed by atoms with van der Waals surface area (Å²) in [5, 5.41) is 6.28. The van der Waals surface area contributed by atoms with Crippen LogP contribution < -0.4 is 15.4 Å². The van der Waals surface area contributed by atoms with Gasteiger partial charge in [-0.05, 0) is 68.3 Å². The molecule has 0 saturated heterocycles. The van der Waals surface area contributed by atoms with Gasteiger partial charge in [0.2, 0.25) is 10.0 Å². The summed E-state index contributed by atoms with van der Waals surface area (Å²) in [5.74, 6) is 1.34. The quantitative estimate of drug-likeness (QED) is 0.477. The highest BCUT2D eigenvalue weighted by Gasteiger charge is 2.28. The van der Waals surface area contributed by atoms with Gasteiger partial charge in [-0.1, -0.05) is 18.2 Å². The van der Waals surface area contributed by atoms with E-state index in [4.69, 9.17) is 4.42 Å². The number of sulfonamides is 1. The highest BCUT2D eigenvalue weighted by molar-refractivity contribution is 7.89. The van der Waals surface area contributed by atoms with Crippen LogP contribution in [-0.4, -0.2) is 21.4 Å². The summed E-state index contributed by atoms with van der Waals surface area (Å²) in [5.41, 5.74) is 4.79. The van der Waals surface area contributed by atoms with Crippen molar-refractivity contribution in [2.45, 2.75) is 37.1 Å². The third-order valence-corrected chi connectivity index (χ3v) is 7.60. The summed E-state index contributed by atoms with van der Waals surface area (Å²) in [6, 6.07) is 14.6. The fraction of sp³-hybridized carbons (Fsp3) is 0.240. The van der Waals surface area contributed by atoms with Gasteiger partial charge in [0.05, 0.1) is 10.5 Å². The summed E-state index contributed by atoms with van der Waals surface area (Å²) in [4.78, 5) is 12.9. The number of carbonyl (C=O) groups excluding carboxylic acids is 1. The minimum absolute atomic E-state index is 0.107. The number of hydrogen-bond acceptors (Lipinski definition) is 5. The maximum Gasteiger partial charge on any atom is 0.256 e. The van der Waals surface area contributed by atoms with Crippen LogP contribution in [-0.2, 0) is 34.2 Å². The second-order valence-electron chi connectivity index (χ2n) is 8.20. The number of fused-ring (bicyclic) bond motifs is 2. The van der Waals surface area contributed by atoms with Crippen LogP contribution in [0.25, 0.3) is 11.6 Å². The lowest BCUT2D eigenvalue weighted by Gasteiger charge is -2.12. The zero-order chi connectivity index (χ0) is 23.0. The maximum atomic E-state index is 12.8. The predicted molar refractivity (Wildman–Crippen MR) is 128 cm³/mol. The van der Waals surface area contributed by atoms with Crippen molar-refractivity contribution >= 4 is 39.0 Å². The Morgan fingerprint density at radius 1 is 1.09 bits per heavy atom. The Kier molecular flexibility index (Phi) is 5.55. The summed E-state index contributed by atoms with van der Waals surface area (Å²) in [6.45, 7) is 0.574. The molecule has 170 valence electrons. The molecule has 2 aliphatic rings. The molecule has 0 saturated carbocycles. The summed E-state index contributed by atoms with van der Waals surface area (Å²) in [6.07, 6.45) is 5.76. The molecule has 1 aromatic heterocycles. The average molecular weight is 464 g/mol. The summed E-state index contributed by atoms with van der Waals surface area (Å²) < 4.78 is 33.1. The molecule has 1 aliphatic carbocycles. The molecule has 33 heavy (non-hydrogen) atoms. The molecule has 5 rings (SSSR count). The van der Waals surface area contributed by atoms with E-state index in [9.17, 15) is 13.2 Å². The fourth-order valence-electron chi connectivity index (χ4n) is 4.44. The molecule has 0 fully saturated rings. The third kappa shape index (κ3) is 4.07. The van der Waals surface area contributed by atoms with Crippen molar-refractivity contribution in [2.24, 2.45) is 0 Å². The molecule has 0 atom stereocenters. The Labute approximate surface area is 192 Å². The van der Waals surface area contributed by atoms with Crippen LogP contribution in [0.1, 0.15) is 41.1 Å². The molecule has 8 heteroatoms. The van der Waals surface area contributed by atoms with Gasteiger partial charge >= 0.3 is 0 Å². The standard InChI is InChI=1S/C25H25N3O4S/c1-26-33(30,31)17-11-12-22-19(13-17)20(25(29)28-22)14-24-21(15-27-16-7-3-2-4-8-16)18-9-5-6-10-23(18)32-24/h2-4,7-8,11-14,26-27H,5-6,9-10,15H2,1H3,(H,28,29). The van der Waals surface area contributed by atoms with E-state index in [-0.39, 0.29) is 10.8 Å². The van der Waals surface area contributed by atoms with E-state index in [0.717, 1.165) is 42.7 Å². The minimum atomic E-state index is -3.63. The predicted octanol–water partition coefficient (Wildman–Crippen LogP) is 4.17. The smallest absolute Gasteiger partial charge is 0.256 e. The molecule has 2 heterocycles. The zero-order valence-electron chi connectivity index (χ0n) is 18.3. The lowest BCUT2D eigenvalue weighted by Crippen LogP contribution is -2.18. The number of nitrogens with one attached hydrogen (secondary N) is 3. The normalized spacial score (nSPS) is 16.4. The van der Waals surface area contributed by atoms with Gasteiger partial charge in [-0.15, -0.1) is 0 Å². The SMILES string of the molecule is CNS(=O)(=O)c1ccc2c(c1)C(=Cc1oc3c(c1CNc1ccccc1)CCCC3)C(=O)N2. The van der Waals surface area contributed by atoms with Crippen LogP contribution in [0.2, 0.25) is 0 Å². The van der Waals surface area contributed by atoms with Gasteiger partial charge in [0, 0.05) is 35.5 Å². The Morgan fingerprint density at radius 2 is 1.88 bits per heavy atom. The van der Waals surface area contributed by atoms with Gasteiger partial charge in [0.1, 0.15) is 11.5 Å². The van der Waals surface area contributed by atoms with Crippen LogP contribution >= 0.6 is 0 Å². The highest BCUT2D eigenvalue weighted by Crippen LogP contribution is 2.37. The minimum Gasteiger partial charge on any atom is -0.461 e. The lowest BCUT2D eigenvalue weighted by molar-refractivity contribution is -0.110. The number of para-hydroxylation sites is 1. The van der Waals surface area contributed by atoms with Gasteiger partial charge in [-0.2, -0.15) is 0 Å². The van der Waals surface area contributed by atoms with E-state index in [0.29, 0.717) is 29.1 Å². The molecule has 0 unspecified atom stereocenters. The first-order valence-corrected chi connectivity index (χ1v) is 12.5.